The molecular weight excluding hydrogens is 170 g/mol. The molecule has 0 aromatic rings. The van der Waals surface area contributed by atoms with Crippen LogP contribution in [0.4, 0.5) is 0 Å². The molecule has 0 radical (unpaired) electrons. The third-order valence-electron chi connectivity index (χ3n) is 1.12. The number of aliphatic hydroxyl groups excluding tert-OH is 1. The minimum Gasteiger partial charge on any atom is -0.396 e. The quantitative estimate of drug-likeness (QED) is 0.384. The highest BCUT2D eigenvalue weighted by Crippen LogP contribution is 1.92. The fourth-order valence-corrected chi connectivity index (χ4v) is 1.02. The van der Waals surface area contributed by atoms with E-state index in [9.17, 15) is 8.42 Å². The maximum atomic E-state index is 10.1. The summed E-state index contributed by atoms with van der Waals surface area (Å²) in [6, 6.07) is 0. The molecule has 0 aromatic heterocycles. The van der Waals surface area contributed by atoms with Gasteiger partial charge in [-0.05, 0) is 19.3 Å². The molecule has 0 unspecified atom stereocenters. The Morgan fingerprint density at radius 1 is 1.18 bits per heavy atom. The zero-order valence-electron chi connectivity index (χ0n) is 6.15. The summed E-state index contributed by atoms with van der Waals surface area (Å²) in [5.74, 6) is 0. The Labute approximate surface area is 66.3 Å². The van der Waals surface area contributed by atoms with Gasteiger partial charge in [0.2, 0.25) is 0 Å². The molecule has 0 heterocycles. The van der Waals surface area contributed by atoms with Gasteiger partial charge in [0.1, 0.15) is 0 Å². The van der Waals surface area contributed by atoms with Crippen LogP contribution in [0, 0.1) is 0 Å². The van der Waals surface area contributed by atoms with E-state index in [1.165, 1.54) is 0 Å². The smallest absolute Gasteiger partial charge is 0.333 e. The van der Waals surface area contributed by atoms with Crippen LogP contribution in [-0.2, 0) is 10.3 Å². The highest BCUT2D eigenvalue weighted by Gasteiger charge is 1.99. The maximum absolute atomic E-state index is 10.1. The van der Waals surface area contributed by atoms with E-state index in [1.807, 2.05) is 4.72 Å². The standard InChI is InChI=1S/C5H13NO4S/c7-5-3-1-2-4-6-11(8,9)10/h6-7H,1-5H2,(H,8,9,10). The number of unbranched alkanes of at least 4 members (excludes halogenated alkanes) is 2. The molecule has 0 fully saturated rings. The summed E-state index contributed by atoms with van der Waals surface area (Å²) in [6.45, 7) is 0.338. The van der Waals surface area contributed by atoms with Gasteiger partial charge in [-0.2, -0.15) is 13.1 Å². The van der Waals surface area contributed by atoms with Crippen LogP contribution in [0.2, 0.25) is 0 Å². The lowest BCUT2D eigenvalue weighted by atomic mass is 10.2. The number of hydrogen-bond donors (Lipinski definition) is 3. The Bertz CT molecular complexity index is 177. The minimum absolute atomic E-state index is 0.117. The maximum Gasteiger partial charge on any atom is 0.333 e. The zero-order valence-corrected chi connectivity index (χ0v) is 6.97. The Kier molecular flexibility index (Phi) is 5.39. The van der Waals surface area contributed by atoms with Crippen molar-refractivity contribution in [3.63, 3.8) is 0 Å². The van der Waals surface area contributed by atoms with E-state index >= 15 is 0 Å². The predicted octanol–water partition coefficient (Wildman–Crippen LogP) is -0.459. The third kappa shape index (κ3) is 9.83. The molecule has 0 atom stereocenters. The second kappa shape index (κ2) is 5.48. The molecule has 11 heavy (non-hydrogen) atoms. The van der Waals surface area contributed by atoms with Crippen LogP contribution < -0.4 is 4.72 Å². The van der Waals surface area contributed by atoms with Crippen molar-refractivity contribution in [1.29, 1.82) is 0 Å². The fraction of sp³-hybridized carbons (Fsp3) is 1.00. The van der Waals surface area contributed by atoms with Crippen molar-refractivity contribution in [3.8, 4) is 0 Å². The molecule has 0 amide bonds. The van der Waals surface area contributed by atoms with Crippen LogP contribution in [0.5, 0.6) is 0 Å². The summed E-state index contributed by atoms with van der Waals surface area (Å²) >= 11 is 0. The number of hydrogen-bond acceptors (Lipinski definition) is 3. The molecule has 0 rings (SSSR count). The van der Waals surface area contributed by atoms with E-state index in [-0.39, 0.29) is 13.2 Å². The second-order valence-electron chi connectivity index (χ2n) is 2.15. The number of nitrogens with one attached hydrogen (secondary N) is 1. The molecule has 0 bridgehead atoms. The minimum atomic E-state index is -4.02. The lowest BCUT2D eigenvalue weighted by molar-refractivity contribution is 0.283. The van der Waals surface area contributed by atoms with E-state index in [2.05, 4.69) is 0 Å². The Hall–Kier alpha value is -0.170. The van der Waals surface area contributed by atoms with Gasteiger partial charge in [0.05, 0.1) is 0 Å². The van der Waals surface area contributed by atoms with Crippen LogP contribution in [0.15, 0.2) is 0 Å². The molecule has 0 spiro atoms. The van der Waals surface area contributed by atoms with Crippen LogP contribution in [0.3, 0.4) is 0 Å². The molecule has 0 aromatic carbocycles. The fourth-order valence-electron chi connectivity index (χ4n) is 0.615. The number of rotatable bonds is 6. The molecule has 0 aliphatic rings. The van der Waals surface area contributed by atoms with E-state index in [0.29, 0.717) is 12.8 Å². The van der Waals surface area contributed by atoms with Crippen LogP contribution >= 0.6 is 0 Å². The highest BCUT2D eigenvalue weighted by atomic mass is 32.2. The van der Waals surface area contributed by atoms with Gasteiger partial charge in [0, 0.05) is 13.2 Å². The summed E-state index contributed by atoms with van der Waals surface area (Å²) in [7, 11) is -4.02. The summed E-state index contributed by atoms with van der Waals surface area (Å²) in [6.07, 6.45) is 2.03. The van der Waals surface area contributed by atoms with E-state index < -0.39 is 10.3 Å². The van der Waals surface area contributed by atoms with Crippen molar-refractivity contribution in [2.24, 2.45) is 0 Å². The first-order chi connectivity index (χ1) is 5.06. The predicted molar refractivity (Wildman–Crippen MR) is 40.5 cm³/mol. The monoisotopic (exact) mass is 183 g/mol. The molecule has 68 valence electrons. The first-order valence-electron chi connectivity index (χ1n) is 3.39. The van der Waals surface area contributed by atoms with Gasteiger partial charge < -0.3 is 5.11 Å². The first kappa shape index (κ1) is 10.8. The van der Waals surface area contributed by atoms with Crippen molar-refractivity contribution < 1.29 is 18.1 Å². The van der Waals surface area contributed by atoms with Crippen molar-refractivity contribution in [1.82, 2.24) is 4.72 Å². The molecule has 0 aliphatic heterocycles. The molecule has 6 heteroatoms. The van der Waals surface area contributed by atoms with Gasteiger partial charge in [0.15, 0.2) is 0 Å². The van der Waals surface area contributed by atoms with Crippen LogP contribution in [0.1, 0.15) is 19.3 Å². The molecule has 5 nitrogen and oxygen atoms in total. The van der Waals surface area contributed by atoms with Crippen molar-refractivity contribution in [2.45, 2.75) is 19.3 Å². The van der Waals surface area contributed by atoms with Gasteiger partial charge in [-0.15, -0.1) is 0 Å². The van der Waals surface area contributed by atoms with Crippen LogP contribution in [0.25, 0.3) is 0 Å². The Morgan fingerprint density at radius 3 is 2.27 bits per heavy atom. The van der Waals surface area contributed by atoms with Crippen molar-refractivity contribution in [2.75, 3.05) is 13.2 Å². The lowest BCUT2D eigenvalue weighted by Crippen LogP contribution is -2.23. The van der Waals surface area contributed by atoms with E-state index in [1.54, 1.807) is 0 Å². The molecule has 0 aliphatic carbocycles. The third-order valence-corrected chi connectivity index (χ3v) is 1.69. The van der Waals surface area contributed by atoms with Gasteiger partial charge in [0.25, 0.3) is 0 Å². The van der Waals surface area contributed by atoms with Crippen LogP contribution in [-0.4, -0.2) is 31.2 Å². The Morgan fingerprint density at radius 2 is 1.82 bits per heavy atom. The van der Waals surface area contributed by atoms with Gasteiger partial charge in [-0.3, -0.25) is 4.55 Å². The number of aliphatic hydroxyl groups is 1. The summed E-state index contributed by atoms with van der Waals surface area (Å²) < 4.78 is 30.2. The molecule has 0 saturated carbocycles. The molecule has 0 saturated heterocycles. The summed E-state index contributed by atoms with van der Waals surface area (Å²) in [5.41, 5.74) is 0. The molecular formula is C5H13NO4S. The van der Waals surface area contributed by atoms with E-state index in [4.69, 9.17) is 9.66 Å². The summed E-state index contributed by atoms with van der Waals surface area (Å²) in [4.78, 5) is 0. The van der Waals surface area contributed by atoms with Gasteiger partial charge >= 0.3 is 10.3 Å². The van der Waals surface area contributed by atoms with Gasteiger partial charge in [-0.25, -0.2) is 0 Å². The summed E-state index contributed by atoms with van der Waals surface area (Å²) in [5, 5.41) is 8.34. The second-order valence-corrected chi connectivity index (χ2v) is 3.39. The highest BCUT2D eigenvalue weighted by molar-refractivity contribution is 7.83. The average Bonchev–Trinajstić information content (AvgIpc) is 1.85. The SMILES string of the molecule is O=S(=O)(O)NCCCCCO. The van der Waals surface area contributed by atoms with Crippen molar-refractivity contribution >= 4 is 10.3 Å². The van der Waals surface area contributed by atoms with Crippen molar-refractivity contribution in [3.05, 3.63) is 0 Å². The van der Waals surface area contributed by atoms with E-state index in [0.717, 1.165) is 6.42 Å². The lowest BCUT2D eigenvalue weighted by Gasteiger charge is -1.98. The van der Waals surface area contributed by atoms with Gasteiger partial charge in [-0.1, -0.05) is 0 Å². The normalized spacial score (nSPS) is 11.8. The Balaban J connectivity index is 3.16. The average molecular weight is 183 g/mol. The largest absolute Gasteiger partial charge is 0.396 e. The first-order valence-corrected chi connectivity index (χ1v) is 4.83. The zero-order chi connectivity index (χ0) is 8.74. The topological polar surface area (TPSA) is 86.6 Å². The molecule has 3 N–H and O–H groups in total.